The summed E-state index contributed by atoms with van der Waals surface area (Å²) in [5.74, 6) is -3.93. The summed E-state index contributed by atoms with van der Waals surface area (Å²) in [5.41, 5.74) is 5.25. The van der Waals surface area contributed by atoms with Gasteiger partial charge in [0, 0.05) is 6.42 Å². The minimum atomic E-state index is -1.32. The molecule has 3 atom stereocenters. The van der Waals surface area contributed by atoms with Crippen LogP contribution in [0.5, 0.6) is 0 Å². The number of rotatable bonds is 9. The molecule has 0 radical (unpaired) electrons. The van der Waals surface area contributed by atoms with Crippen LogP contribution in [-0.4, -0.2) is 52.2 Å². The summed E-state index contributed by atoms with van der Waals surface area (Å²) in [6.07, 6.45) is -1.34. The first-order chi connectivity index (χ1) is 9.68. The SMILES string of the molecule is CCC(NC(=O)CC[C@H](N)C(=O)O)C(=O)O[C@@H](C)C(=O)O. The Kier molecular flexibility index (Phi) is 7.99. The lowest BCUT2D eigenvalue weighted by molar-refractivity contribution is -0.164. The molecule has 5 N–H and O–H groups in total. The molecule has 1 amide bonds. The standard InChI is InChI=1S/C12H20N2O7/c1-3-8(12(20)21-6(2)10(16)17)14-9(15)5-4-7(13)11(18)19/h6-8H,3-5,13H2,1-2H3,(H,14,15)(H,16,17)(H,18,19)/t6-,7-,8?/m0/s1. The molecule has 0 heterocycles. The van der Waals surface area contributed by atoms with Crippen LogP contribution in [0.2, 0.25) is 0 Å². The van der Waals surface area contributed by atoms with E-state index in [4.69, 9.17) is 15.9 Å². The smallest absolute Gasteiger partial charge is 0.344 e. The lowest BCUT2D eigenvalue weighted by Gasteiger charge is -2.18. The van der Waals surface area contributed by atoms with Crippen LogP contribution in [0.3, 0.4) is 0 Å². The van der Waals surface area contributed by atoms with Gasteiger partial charge in [-0.05, 0) is 19.8 Å². The lowest BCUT2D eigenvalue weighted by atomic mass is 10.1. The van der Waals surface area contributed by atoms with Crippen LogP contribution < -0.4 is 11.1 Å². The molecule has 0 saturated heterocycles. The van der Waals surface area contributed by atoms with Crippen molar-refractivity contribution in [2.75, 3.05) is 0 Å². The van der Waals surface area contributed by atoms with Crippen molar-refractivity contribution in [3.8, 4) is 0 Å². The zero-order valence-electron chi connectivity index (χ0n) is 11.9. The van der Waals surface area contributed by atoms with Crippen LogP contribution in [0.4, 0.5) is 0 Å². The summed E-state index contributed by atoms with van der Waals surface area (Å²) in [6.45, 7) is 2.81. The number of carbonyl (C=O) groups is 4. The Morgan fingerprint density at radius 1 is 1.19 bits per heavy atom. The number of aliphatic carboxylic acids is 2. The fourth-order valence-electron chi connectivity index (χ4n) is 1.31. The number of nitrogens with one attached hydrogen (secondary N) is 1. The minimum Gasteiger partial charge on any atom is -0.480 e. The molecule has 0 rings (SSSR count). The predicted molar refractivity (Wildman–Crippen MR) is 70.3 cm³/mol. The van der Waals surface area contributed by atoms with Gasteiger partial charge in [0.15, 0.2) is 6.10 Å². The van der Waals surface area contributed by atoms with E-state index in [1.807, 2.05) is 0 Å². The second-order valence-corrected chi connectivity index (χ2v) is 4.43. The van der Waals surface area contributed by atoms with E-state index in [2.05, 4.69) is 10.1 Å². The Balaban J connectivity index is 4.36. The first kappa shape index (κ1) is 18.8. The number of carboxylic acids is 2. The maximum Gasteiger partial charge on any atom is 0.344 e. The van der Waals surface area contributed by atoms with Crippen LogP contribution in [0, 0.1) is 0 Å². The molecule has 21 heavy (non-hydrogen) atoms. The van der Waals surface area contributed by atoms with Crippen LogP contribution in [0.1, 0.15) is 33.1 Å². The lowest BCUT2D eigenvalue weighted by Crippen LogP contribution is -2.43. The van der Waals surface area contributed by atoms with E-state index in [1.54, 1.807) is 6.92 Å². The van der Waals surface area contributed by atoms with Gasteiger partial charge in [-0.3, -0.25) is 9.59 Å². The molecule has 0 aromatic rings. The summed E-state index contributed by atoms with van der Waals surface area (Å²) < 4.78 is 4.66. The number of hydrogen-bond acceptors (Lipinski definition) is 6. The number of hydrogen-bond donors (Lipinski definition) is 4. The monoisotopic (exact) mass is 304 g/mol. The van der Waals surface area contributed by atoms with E-state index in [9.17, 15) is 19.2 Å². The topological polar surface area (TPSA) is 156 Å². The molecule has 9 heteroatoms. The molecule has 9 nitrogen and oxygen atoms in total. The number of esters is 1. The van der Waals surface area contributed by atoms with Gasteiger partial charge in [0.05, 0.1) is 0 Å². The first-order valence-electron chi connectivity index (χ1n) is 6.40. The second kappa shape index (κ2) is 8.90. The molecule has 0 aliphatic heterocycles. The van der Waals surface area contributed by atoms with Gasteiger partial charge in [-0.1, -0.05) is 6.92 Å². The average Bonchev–Trinajstić information content (AvgIpc) is 2.41. The Bertz CT molecular complexity index is 410. The molecule has 0 bridgehead atoms. The largest absolute Gasteiger partial charge is 0.480 e. The summed E-state index contributed by atoms with van der Waals surface area (Å²) >= 11 is 0. The Morgan fingerprint density at radius 2 is 1.76 bits per heavy atom. The highest BCUT2D eigenvalue weighted by molar-refractivity contribution is 5.86. The molecule has 120 valence electrons. The van der Waals surface area contributed by atoms with Crippen molar-refractivity contribution in [2.24, 2.45) is 5.73 Å². The number of nitrogens with two attached hydrogens (primary N) is 1. The van der Waals surface area contributed by atoms with Gasteiger partial charge in [-0.2, -0.15) is 0 Å². The minimum absolute atomic E-state index is 0.0713. The van der Waals surface area contributed by atoms with E-state index in [0.29, 0.717) is 0 Å². The molecular weight excluding hydrogens is 284 g/mol. The highest BCUT2D eigenvalue weighted by Crippen LogP contribution is 2.02. The average molecular weight is 304 g/mol. The third-order valence-corrected chi connectivity index (χ3v) is 2.67. The van der Waals surface area contributed by atoms with Gasteiger partial charge in [-0.15, -0.1) is 0 Å². The highest BCUT2D eigenvalue weighted by atomic mass is 16.6. The quantitative estimate of drug-likeness (QED) is 0.399. The van der Waals surface area contributed by atoms with Crippen molar-refractivity contribution in [1.29, 1.82) is 0 Å². The molecule has 0 fully saturated rings. The summed E-state index contributed by atoms with van der Waals surface area (Å²) in [5, 5.41) is 19.6. The molecule has 0 aliphatic rings. The van der Waals surface area contributed by atoms with E-state index in [0.717, 1.165) is 0 Å². The van der Waals surface area contributed by atoms with Crippen molar-refractivity contribution < 1.29 is 34.1 Å². The van der Waals surface area contributed by atoms with Crippen molar-refractivity contribution in [3.05, 3.63) is 0 Å². The van der Waals surface area contributed by atoms with Crippen molar-refractivity contribution >= 4 is 23.8 Å². The molecule has 0 saturated carbocycles. The maximum atomic E-state index is 11.7. The molecular formula is C12H20N2O7. The third kappa shape index (κ3) is 7.25. The summed E-state index contributed by atoms with van der Waals surface area (Å²) in [6, 6.07) is -2.14. The normalized spacial score (nSPS) is 14.6. The first-order valence-corrected chi connectivity index (χ1v) is 6.40. The van der Waals surface area contributed by atoms with Crippen LogP contribution in [0.15, 0.2) is 0 Å². The Morgan fingerprint density at radius 3 is 2.19 bits per heavy atom. The van der Waals surface area contributed by atoms with E-state index >= 15 is 0 Å². The van der Waals surface area contributed by atoms with Crippen molar-refractivity contribution in [3.63, 3.8) is 0 Å². The van der Waals surface area contributed by atoms with Gasteiger partial charge in [0.2, 0.25) is 5.91 Å². The van der Waals surface area contributed by atoms with Gasteiger partial charge in [-0.25, -0.2) is 9.59 Å². The maximum absolute atomic E-state index is 11.7. The van der Waals surface area contributed by atoms with Gasteiger partial charge < -0.3 is 26.0 Å². The fraction of sp³-hybridized carbons (Fsp3) is 0.667. The number of amides is 1. The van der Waals surface area contributed by atoms with Crippen molar-refractivity contribution in [2.45, 2.75) is 51.3 Å². The van der Waals surface area contributed by atoms with Gasteiger partial charge >= 0.3 is 17.9 Å². The van der Waals surface area contributed by atoms with Crippen molar-refractivity contribution in [1.82, 2.24) is 5.32 Å². The zero-order valence-corrected chi connectivity index (χ0v) is 11.9. The molecule has 0 aromatic carbocycles. The zero-order chi connectivity index (χ0) is 16.6. The van der Waals surface area contributed by atoms with E-state index < -0.39 is 42.0 Å². The number of carbonyl (C=O) groups excluding carboxylic acids is 2. The fourth-order valence-corrected chi connectivity index (χ4v) is 1.31. The highest BCUT2D eigenvalue weighted by Gasteiger charge is 2.25. The molecule has 0 aromatic heterocycles. The van der Waals surface area contributed by atoms with Crippen LogP contribution >= 0.6 is 0 Å². The van der Waals surface area contributed by atoms with E-state index in [-0.39, 0.29) is 19.3 Å². The number of ether oxygens (including phenoxy) is 1. The second-order valence-electron chi connectivity index (χ2n) is 4.43. The molecule has 0 spiro atoms. The summed E-state index contributed by atoms with van der Waals surface area (Å²) in [4.78, 5) is 44.3. The molecule has 0 aliphatic carbocycles. The molecule has 1 unspecified atom stereocenters. The Labute approximate surface area is 121 Å². The predicted octanol–water partition coefficient (Wildman–Crippen LogP) is -0.910. The number of carboxylic acid groups (broad SMARTS) is 2. The third-order valence-electron chi connectivity index (χ3n) is 2.67. The van der Waals surface area contributed by atoms with Gasteiger partial charge in [0.1, 0.15) is 12.1 Å². The Hall–Kier alpha value is -2.16. The summed E-state index contributed by atoms with van der Waals surface area (Å²) in [7, 11) is 0. The van der Waals surface area contributed by atoms with Crippen LogP contribution in [0.25, 0.3) is 0 Å². The van der Waals surface area contributed by atoms with E-state index in [1.165, 1.54) is 6.92 Å². The van der Waals surface area contributed by atoms with Gasteiger partial charge in [0.25, 0.3) is 0 Å². The van der Waals surface area contributed by atoms with Crippen LogP contribution in [-0.2, 0) is 23.9 Å².